The summed E-state index contributed by atoms with van der Waals surface area (Å²) in [6, 6.07) is 3.62. The molecule has 8 heteroatoms. The molecule has 35 heavy (non-hydrogen) atoms. The van der Waals surface area contributed by atoms with Gasteiger partial charge in [-0.2, -0.15) is 0 Å². The van der Waals surface area contributed by atoms with Gasteiger partial charge in [0.15, 0.2) is 5.67 Å². The predicted octanol–water partition coefficient (Wildman–Crippen LogP) is 6.13. The van der Waals surface area contributed by atoms with E-state index in [1.165, 1.54) is 24.5 Å². The molecular weight excluding hydrogens is 467 g/mol. The molecule has 1 amide bonds. The van der Waals surface area contributed by atoms with Crippen LogP contribution in [-0.2, 0) is 10.4 Å². The Kier molecular flexibility index (Phi) is 6.53. The molecule has 2 unspecified atom stereocenters. The van der Waals surface area contributed by atoms with Crippen molar-refractivity contribution >= 4 is 38.4 Å². The highest BCUT2D eigenvalue weighted by Gasteiger charge is 2.45. The molecule has 0 aliphatic heterocycles. The molecule has 0 radical (unpaired) electrons. The molecule has 186 valence electrons. The van der Waals surface area contributed by atoms with Gasteiger partial charge in [-0.3, -0.25) is 4.79 Å². The number of ether oxygens (including phenoxy) is 2. The molecule has 0 saturated heterocycles. The average molecular weight is 499 g/mol. The molecule has 3 atom stereocenters. The molecule has 0 saturated carbocycles. The topological polar surface area (TPSA) is 80.4 Å². The molecule has 1 aromatic carbocycles. The zero-order valence-electron chi connectivity index (χ0n) is 20.8. The minimum absolute atomic E-state index is 0.194. The second-order valence-corrected chi connectivity index (χ2v) is 11.0. The van der Waals surface area contributed by atoms with Crippen molar-refractivity contribution in [2.75, 3.05) is 13.7 Å². The van der Waals surface area contributed by atoms with Crippen molar-refractivity contribution in [2.45, 2.75) is 45.9 Å². The molecule has 2 aromatic heterocycles. The van der Waals surface area contributed by atoms with Gasteiger partial charge < -0.3 is 19.8 Å². The highest BCUT2D eigenvalue weighted by Crippen LogP contribution is 2.50. The van der Waals surface area contributed by atoms with E-state index in [4.69, 9.17) is 9.47 Å². The van der Waals surface area contributed by atoms with E-state index in [9.17, 15) is 9.59 Å². The Morgan fingerprint density at radius 3 is 2.77 bits per heavy atom. The van der Waals surface area contributed by atoms with Crippen molar-refractivity contribution in [1.29, 1.82) is 0 Å². The lowest BCUT2D eigenvalue weighted by molar-refractivity contribution is 0.0499. The number of allylic oxidation sites excluding steroid dienone is 4. The Hall–Kier alpha value is -3.13. The molecule has 2 N–H and O–H groups in total. The highest BCUT2D eigenvalue weighted by atomic mass is 32.1. The number of methoxy groups -OCH3 is 1. The number of amides is 1. The highest BCUT2D eigenvalue weighted by molar-refractivity contribution is 7.17. The Bertz CT molecular complexity index is 1400. The van der Waals surface area contributed by atoms with Gasteiger partial charge in [0.2, 0.25) is 0 Å². The third kappa shape index (κ3) is 4.59. The van der Waals surface area contributed by atoms with E-state index in [-0.39, 0.29) is 18.0 Å². The van der Waals surface area contributed by atoms with E-state index in [0.29, 0.717) is 32.3 Å². The number of hydrogen-bond acceptors (Lipinski definition) is 5. The maximum absolute atomic E-state index is 17.4. The predicted molar refractivity (Wildman–Crippen MR) is 139 cm³/mol. The third-order valence-corrected chi connectivity index (χ3v) is 7.22. The summed E-state index contributed by atoms with van der Waals surface area (Å²) in [5.41, 5.74) is -1.01. The van der Waals surface area contributed by atoms with Gasteiger partial charge in [0, 0.05) is 28.8 Å². The van der Waals surface area contributed by atoms with E-state index in [2.05, 4.69) is 10.3 Å². The zero-order valence-corrected chi connectivity index (χ0v) is 21.6. The van der Waals surface area contributed by atoms with Crippen LogP contribution in [0, 0.1) is 18.8 Å². The molecular formula is C27H31FN2O4S. The van der Waals surface area contributed by atoms with Crippen molar-refractivity contribution in [3.05, 3.63) is 63.3 Å². The Labute approximate surface area is 207 Å². The number of hydrogen-bond donors (Lipinski definition) is 2. The fraction of sp³-hybridized carbons (Fsp3) is 0.407. The van der Waals surface area contributed by atoms with Crippen molar-refractivity contribution in [1.82, 2.24) is 10.3 Å². The molecule has 1 aliphatic rings. The van der Waals surface area contributed by atoms with Gasteiger partial charge in [0.25, 0.3) is 5.56 Å². The second-order valence-electron chi connectivity index (χ2n) is 10.0. The number of fused-ring (bicyclic) bond motifs is 3. The van der Waals surface area contributed by atoms with Crippen LogP contribution in [0.2, 0.25) is 0 Å². The number of H-pyrrole nitrogens is 1. The van der Waals surface area contributed by atoms with Crippen LogP contribution in [0.5, 0.6) is 5.75 Å². The zero-order chi connectivity index (χ0) is 25.5. The van der Waals surface area contributed by atoms with Crippen molar-refractivity contribution in [3.63, 3.8) is 0 Å². The van der Waals surface area contributed by atoms with Crippen molar-refractivity contribution < 1.29 is 18.7 Å². The van der Waals surface area contributed by atoms with E-state index in [0.717, 1.165) is 5.56 Å². The van der Waals surface area contributed by atoms with E-state index in [1.807, 2.05) is 37.4 Å². The fourth-order valence-corrected chi connectivity index (χ4v) is 5.58. The number of carbonyl (C=O) groups is 1. The normalized spacial score (nSPS) is 20.8. The summed E-state index contributed by atoms with van der Waals surface area (Å²) in [5.74, 6) is -0.479. The first-order valence-electron chi connectivity index (χ1n) is 11.6. The van der Waals surface area contributed by atoms with Crippen molar-refractivity contribution in [2.24, 2.45) is 11.8 Å². The average Bonchev–Trinajstić information content (AvgIpc) is 3.28. The van der Waals surface area contributed by atoms with Gasteiger partial charge in [-0.25, -0.2) is 9.18 Å². The number of rotatable bonds is 5. The van der Waals surface area contributed by atoms with Crippen LogP contribution < -0.4 is 15.6 Å². The van der Waals surface area contributed by atoms with Crippen molar-refractivity contribution in [3.8, 4) is 5.75 Å². The number of aryl methyl sites for hydroxylation is 1. The Balaban J connectivity index is 1.84. The first-order valence-corrected chi connectivity index (χ1v) is 12.5. The summed E-state index contributed by atoms with van der Waals surface area (Å²) in [4.78, 5) is 27.9. The van der Waals surface area contributed by atoms with Gasteiger partial charge in [-0.1, -0.05) is 25.2 Å². The molecule has 0 fully saturated rings. The van der Waals surface area contributed by atoms with Crippen LogP contribution in [0.25, 0.3) is 21.0 Å². The number of alkyl carbamates (subject to hydrolysis) is 1. The Morgan fingerprint density at radius 2 is 2.09 bits per heavy atom. The quantitative estimate of drug-likeness (QED) is 0.444. The summed E-state index contributed by atoms with van der Waals surface area (Å²) in [5, 5.41) is 5.94. The maximum atomic E-state index is 17.4. The van der Waals surface area contributed by atoms with Crippen LogP contribution in [0.3, 0.4) is 0 Å². The minimum atomic E-state index is -1.95. The van der Waals surface area contributed by atoms with E-state index >= 15 is 4.39 Å². The molecule has 0 spiro atoms. The SMILES string of the molecule is COc1cc(C)c2[nH]c(=O)c3sccc3c2c1C1(F)C=CC=CC1[C@H](C)CNC(=O)OC(C)(C)C. The lowest BCUT2D eigenvalue weighted by Crippen LogP contribution is -2.41. The van der Waals surface area contributed by atoms with Crippen LogP contribution in [-0.4, -0.2) is 30.3 Å². The lowest BCUT2D eigenvalue weighted by atomic mass is 9.72. The number of alkyl halides is 1. The van der Waals surface area contributed by atoms with E-state index < -0.39 is 23.3 Å². The first-order chi connectivity index (χ1) is 16.5. The molecule has 3 aromatic rings. The molecule has 1 aliphatic carbocycles. The van der Waals surface area contributed by atoms with Crippen LogP contribution in [0.15, 0.2) is 46.6 Å². The molecule has 2 heterocycles. The number of benzene rings is 1. The minimum Gasteiger partial charge on any atom is -0.496 e. The summed E-state index contributed by atoms with van der Waals surface area (Å²) < 4.78 is 29.0. The van der Waals surface area contributed by atoms with Crippen LogP contribution in [0.4, 0.5) is 9.18 Å². The number of nitrogens with one attached hydrogen (secondary N) is 2. The number of aromatic nitrogens is 1. The van der Waals surface area contributed by atoms with Gasteiger partial charge in [-0.15, -0.1) is 11.3 Å². The molecule has 0 bridgehead atoms. The van der Waals surface area contributed by atoms with Crippen LogP contribution in [0.1, 0.15) is 38.8 Å². The molecule has 6 nitrogen and oxygen atoms in total. The smallest absolute Gasteiger partial charge is 0.407 e. The monoisotopic (exact) mass is 498 g/mol. The number of thiophene rings is 1. The number of pyridine rings is 1. The van der Waals surface area contributed by atoms with Gasteiger partial charge in [0.05, 0.1) is 12.6 Å². The lowest BCUT2D eigenvalue weighted by Gasteiger charge is -2.37. The largest absolute Gasteiger partial charge is 0.496 e. The number of aromatic amines is 1. The van der Waals surface area contributed by atoms with Gasteiger partial charge in [-0.05, 0) is 62.8 Å². The third-order valence-electron chi connectivity index (χ3n) is 6.30. The van der Waals surface area contributed by atoms with E-state index in [1.54, 1.807) is 32.9 Å². The van der Waals surface area contributed by atoms with Crippen LogP contribution >= 0.6 is 11.3 Å². The summed E-state index contributed by atoms with van der Waals surface area (Å²) in [6.07, 6.45) is 6.32. The standard InChI is InChI=1S/C27H31FN2O4S/c1-15-13-19(33-6)21(20-17-10-12-35-23(17)24(31)30-22(15)20)27(28)11-8-7-9-18(27)16(2)14-29-25(32)34-26(3,4)5/h7-13,16,18H,14H2,1-6H3,(H,29,32)(H,30,31)/t16-,18?,27?/m1/s1. The fourth-order valence-electron chi connectivity index (χ4n) is 4.78. The van der Waals surface area contributed by atoms with Gasteiger partial charge >= 0.3 is 6.09 Å². The molecule has 4 rings (SSSR count). The maximum Gasteiger partial charge on any atom is 0.407 e. The number of carbonyl (C=O) groups excluding carboxylic acids is 1. The summed E-state index contributed by atoms with van der Waals surface area (Å²) in [6.45, 7) is 9.37. The summed E-state index contributed by atoms with van der Waals surface area (Å²) in [7, 11) is 1.52. The van der Waals surface area contributed by atoms with Gasteiger partial charge in [0.1, 0.15) is 16.1 Å². The first kappa shape index (κ1) is 25.0. The Morgan fingerprint density at radius 1 is 1.34 bits per heavy atom. The number of halogens is 1. The summed E-state index contributed by atoms with van der Waals surface area (Å²) >= 11 is 1.32. The second kappa shape index (κ2) is 9.15.